The second kappa shape index (κ2) is 11.1. The van der Waals surface area contributed by atoms with Gasteiger partial charge in [0.15, 0.2) is 0 Å². The van der Waals surface area contributed by atoms with Crippen LogP contribution in [0.15, 0.2) is 78.9 Å². The molecule has 0 aromatic heterocycles. The van der Waals surface area contributed by atoms with E-state index in [1.807, 2.05) is 42.5 Å². The summed E-state index contributed by atoms with van der Waals surface area (Å²) < 4.78 is 18.6. The van der Waals surface area contributed by atoms with Crippen molar-refractivity contribution in [2.24, 2.45) is 0 Å². The van der Waals surface area contributed by atoms with E-state index < -0.39 is 6.04 Å². The van der Waals surface area contributed by atoms with E-state index in [1.54, 1.807) is 43.3 Å². The average molecular weight is 435 g/mol. The van der Waals surface area contributed by atoms with Crippen molar-refractivity contribution in [1.29, 1.82) is 0 Å². The molecular weight excluding hydrogens is 407 g/mol. The molecule has 3 rings (SSSR count). The smallest absolute Gasteiger partial charge is 0.242 e. The number of amides is 2. The average Bonchev–Trinajstić information content (AvgIpc) is 2.83. The predicted octanol–water partition coefficient (Wildman–Crippen LogP) is 3.76. The highest BCUT2D eigenvalue weighted by Gasteiger charge is 2.29. The Balaban J connectivity index is 1.91. The largest absolute Gasteiger partial charge is 0.497 e. The summed E-state index contributed by atoms with van der Waals surface area (Å²) in [7, 11) is 3.15. The van der Waals surface area contributed by atoms with Gasteiger partial charge in [0.1, 0.15) is 17.6 Å². The van der Waals surface area contributed by atoms with E-state index in [2.05, 4.69) is 5.32 Å². The minimum Gasteiger partial charge on any atom is -0.497 e. The second-order valence-electron chi connectivity index (χ2n) is 7.49. The molecule has 1 atom stereocenters. The molecule has 0 aliphatic rings. The third-order valence-corrected chi connectivity index (χ3v) is 5.30. The number of methoxy groups -OCH3 is 1. The van der Waals surface area contributed by atoms with E-state index >= 15 is 0 Å². The number of hydrogen-bond acceptors (Lipinski definition) is 3. The number of rotatable bonds is 9. The lowest BCUT2D eigenvalue weighted by atomic mass is 10.0. The summed E-state index contributed by atoms with van der Waals surface area (Å²) in [6.45, 7) is 0.195. The molecule has 3 aromatic rings. The number of likely N-dealkylation sites (N-methyl/N-ethyl adjacent to an activating group) is 1. The molecular formula is C26H27FN2O3. The SMILES string of the molecule is CNC(=O)[C@H](Cc1ccccc1)N(Cc1ccc(F)cc1)C(=O)Cc1ccc(OC)cc1. The molecule has 0 heterocycles. The standard InChI is InChI=1S/C26H27FN2O3/c1-28-26(31)24(16-19-6-4-3-5-7-19)29(18-21-8-12-22(27)13-9-21)25(30)17-20-10-14-23(32-2)15-11-20/h3-15,24H,16-18H2,1-2H3,(H,28,31)/t24-/m0/s1. The molecule has 166 valence electrons. The highest BCUT2D eigenvalue weighted by atomic mass is 19.1. The van der Waals surface area contributed by atoms with Crippen LogP contribution in [0.3, 0.4) is 0 Å². The van der Waals surface area contributed by atoms with E-state index in [0.29, 0.717) is 12.2 Å². The Morgan fingerprint density at radius 1 is 0.906 bits per heavy atom. The van der Waals surface area contributed by atoms with E-state index in [0.717, 1.165) is 16.7 Å². The Kier molecular flexibility index (Phi) is 7.97. The Bertz CT molecular complexity index is 1020. The summed E-state index contributed by atoms with van der Waals surface area (Å²) in [4.78, 5) is 27.9. The Morgan fingerprint density at radius 2 is 1.53 bits per heavy atom. The number of nitrogens with one attached hydrogen (secondary N) is 1. The van der Waals surface area contributed by atoms with Crippen LogP contribution in [0, 0.1) is 5.82 Å². The molecule has 0 spiro atoms. The van der Waals surface area contributed by atoms with Gasteiger partial charge in [-0.3, -0.25) is 9.59 Å². The molecule has 5 nitrogen and oxygen atoms in total. The minimum absolute atomic E-state index is 0.132. The number of nitrogens with zero attached hydrogens (tertiary/aromatic N) is 1. The molecule has 0 aliphatic carbocycles. The molecule has 0 fully saturated rings. The van der Waals surface area contributed by atoms with Crippen molar-refractivity contribution in [2.45, 2.75) is 25.4 Å². The van der Waals surface area contributed by atoms with Crippen LogP contribution in [0.1, 0.15) is 16.7 Å². The molecule has 0 aliphatic heterocycles. The quantitative estimate of drug-likeness (QED) is 0.558. The van der Waals surface area contributed by atoms with Crippen molar-refractivity contribution < 1.29 is 18.7 Å². The van der Waals surface area contributed by atoms with Gasteiger partial charge in [-0.25, -0.2) is 4.39 Å². The van der Waals surface area contributed by atoms with E-state index in [1.165, 1.54) is 12.1 Å². The first-order valence-corrected chi connectivity index (χ1v) is 10.4. The molecule has 0 bridgehead atoms. The van der Waals surface area contributed by atoms with Crippen molar-refractivity contribution in [3.8, 4) is 5.75 Å². The molecule has 0 unspecified atom stereocenters. The zero-order chi connectivity index (χ0) is 22.9. The van der Waals surface area contributed by atoms with Gasteiger partial charge in [-0.15, -0.1) is 0 Å². The van der Waals surface area contributed by atoms with Gasteiger partial charge in [0.05, 0.1) is 13.5 Å². The second-order valence-corrected chi connectivity index (χ2v) is 7.49. The summed E-state index contributed by atoms with van der Waals surface area (Å²) in [6, 6.07) is 22.1. The lowest BCUT2D eigenvalue weighted by Crippen LogP contribution is -2.50. The van der Waals surface area contributed by atoms with Gasteiger partial charge in [-0.1, -0.05) is 54.6 Å². The maximum atomic E-state index is 13.4. The third-order valence-electron chi connectivity index (χ3n) is 5.30. The highest BCUT2D eigenvalue weighted by Crippen LogP contribution is 2.18. The fourth-order valence-corrected chi connectivity index (χ4v) is 3.53. The van der Waals surface area contributed by atoms with Gasteiger partial charge in [0.2, 0.25) is 11.8 Å². The van der Waals surface area contributed by atoms with E-state index in [-0.39, 0.29) is 30.6 Å². The molecule has 2 amide bonds. The molecule has 0 radical (unpaired) electrons. The predicted molar refractivity (Wildman–Crippen MR) is 122 cm³/mol. The van der Waals surface area contributed by atoms with Crippen LogP contribution < -0.4 is 10.1 Å². The monoisotopic (exact) mass is 434 g/mol. The Morgan fingerprint density at radius 3 is 2.12 bits per heavy atom. The van der Waals surface area contributed by atoms with Crippen LogP contribution in [-0.4, -0.2) is 36.9 Å². The number of hydrogen-bond donors (Lipinski definition) is 1. The maximum absolute atomic E-state index is 13.4. The lowest BCUT2D eigenvalue weighted by molar-refractivity contribution is -0.140. The van der Waals surface area contributed by atoms with Crippen LogP contribution in [0.4, 0.5) is 4.39 Å². The van der Waals surface area contributed by atoms with E-state index in [9.17, 15) is 14.0 Å². The van der Waals surface area contributed by atoms with Crippen LogP contribution >= 0.6 is 0 Å². The van der Waals surface area contributed by atoms with Gasteiger partial charge >= 0.3 is 0 Å². The number of benzene rings is 3. The zero-order valence-electron chi connectivity index (χ0n) is 18.3. The summed E-state index contributed by atoms with van der Waals surface area (Å²) in [5, 5.41) is 2.69. The third kappa shape index (κ3) is 6.17. The summed E-state index contributed by atoms with van der Waals surface area (Å²) in [5.74, 6) is -0.0863. The lowest BCUT2D eigenvalue weighted by Gasteiger charge is -2.31. The van der Waals surface area contributed by atoms with Gasteiger partial charge in [-0.05, 0) is 41.0 Å². The molecule has 1 N–H and O–H groups in total. The number of carbonyl (C=O) groups is 2. The van der Waals surface area contributed by atoms with Gasteiger partial charge in [0, 0.05) is 20.0 Å². The fourth-order valence-electron chi connectivity index (χ4n) is 3.53. The Labute approximate surface area is 187 Å². The topological polar surface area (TPSA) is 58.6 Å². The maximum Gasteiger partial charge on any atom is 0.242 e. The first-order chi connectivity index (χ1) is 15.5. The minimum atomic E-state index is -0.710. The molecule has 3 aromatic carbocycles. The van der Waals surface area contributed by atoms with Gasteiger partial charge < -0.3 is 15.0 Å². The normalized spacial score (nSPS) is 11.5. The highest BCUT2D eigenvalue weighted by molar-refractivity contribution is 5.88. The van der Waals surface area contributed by atoms with Gasteiger partial charge in [0.25, 0.3) is 0 Å². The summed E-state index contributed by atoms with van der Waals surface area (Å²) >= 11 is 0. The van der Waals surface area contributed by atoms with Gasteiger partial charge in [-0.2, -0.15) is 0 Å². The first kappa shape index (κ1) is 23.0. The number of ether oxygens (including phenoxy) is 1. The molecule has 32 heavy (non-hydrogen) atoms. The zero-order valence-corrected chi connectivity index (χ0v) is 18.3. The van der Waals surface area contributed by atoms with Crippen LogP contribution in [-0.2, 0) is 29.0 Å². The Hall–Kier alpha value is -3.67. The molecule has 0 saturated carbocycles. The van der Waals surface area contributed by atoms with Crippen molar-refractivity contribution in [2.75, 3.05) is 14.2 Å². The molecule has 6 heteroatoms. The van der Waals surface area contributed by atoms with E-state index in [4.69, 9.17) is 4.74 Å². The van der Waals surface area contributed by atoms with Crippen LogP contribution in [0.25, 0.3) is 0 Å². The van der Waals surface area contributed by atoms with Crippen LogP contribution in [0.2, 0.25) is 0 Å². The summed E-state index contributed by atoms with van der Waals surface area (Å²) in [6.07, 6.45) is 0.504. The fraction of sp³-hybridized carbons (Fsp3) is 0.231. The molecule has 0 saturated heterocycles. The number of carbonyl (C=O) groups excluding carboxylic acids is 2. The van der Waals surface area contributed by atoms with Crippen molar-refractivity contribution in [3.63, 3.8) is 0 Å². The number of halogens is 1. The first-order valence-electron chi connectivity index (χ1n) is 10.4. The van der Waals surface area contributed by atoms with Crippen LogP contribution in [0.5, 0.6) is 5.75 Å². The summed E-state index contributed by atoms with van der Waals surface area (Å²) in [5.41, 5.74) is 2.51. The van der Waals surface area contributed by atoms with Crippen molar-refractivity contribution in [3.05, 3.63) is 101 Å². The van der Waals surface area contributed by atoms with Crippen molar-refractivity contribution >= 4 is 11.8 Å². The van der Waals surface area contributed by atoms with Crippen molar-refractivity contribution in [1.82, 2.24) is 10.2 Å².